The number of rotatable bonds is 6. The minimum absolute atomic E-state index is 0.207. The lowest BCUT2D eigenvalue weighted by Gasteiger charge is -2.11. The number of benzene rings is 2. The highest BCUT2D eigenvalue weighted by atomic mass is 32.1. The average molecular weight is 431 g/mol. The molecule has 31 heavy (non-hydrogen) atoms. The van der Waals surface area contributed by atoms with E-state index >= 15 is 0 Å². The zero-order valence-electron chi connectivity index (χ0n) is 16.1. The highest BCUT2D eigenvalue weighted by molar-refractivity contribution is 7.08. The molecule has 3 amide bonds. The van der Waals surface area contributed by atoms with Gasteiger partial charge in [0.1, 0.15) is 0 Å². The lowest BCUT2D eigenvalue weighted by atomic mass is 10.1. The lowest BCUT2D eigenvalue weighted by Crippen LogP contribution is -2.18. The maximum atomic E-state index is 12.8. The molecule has 3 N–H and O–H groups in total. The molecule has 0 unspecified atom stereocenters. The Morgan fingerprint density at radius 1 is 0.710 bits per heavy atom. The van der Waals surface area contributed by atoms with Crippen molar-refractivity contribution < 1.29 is 18.8 Å². The van der Waals surface area contributed by atoms with E-state index in [0.29, 0.717) is 28.2 Å². The second-order valence-electron chi connectivity index (χ2n) is 6.47. The largest absolute Gasteiger partial charge is 0.459 e. The Balaban J connectivity index is 1.42. The quantitative estimate of drug-likeness (QED) is 0.395. The van der Waals surface area contributed by atoms with Gasteiger partial charge in [0.25, 0.3) is 17.7 Å². The van der Waals surface area contributed by atoms with Crippen molar-refractivity contribution in [2.75, 3.05) is 16.0 Å². The van der Waals surface area contributed by atoms with Crippen LogP contribution >= 0.6 is 11.3 Å². The van der Waals surface area contributed by atoms with Crippen molar-refractivity contribution in [3.05, 3.63) is 101 Å². The molecule has 0 aliphatic rings. The van der Waals surface area contributed by atoms with Gasteiger partial charge in [-0.15, -0.1) is 0 Å². The third-order valence-electron chi connectivity index (χ3n) is 4.35. The maximum absolute atomic E-state index is 12.8. The molecule has 0 saturated heterocycles. The van der Waals surface area contributed by atoms with Crippen molar-refractivity contribution in [2.45, 2.75) is 0 Å². The Morgan fingerprint density at radius 2 is 1.42 bits per heavy atom. The van der Waals surface area contributed by atoms with Crippen LogP contribution in [-0.2, 0) is 0 Å². The summed E-state index contributed by atoms with van der Waals surface area (Å²) < 4.78 is 5.06. The maximum Gasteiger partial charge on any atom is 0.291 e. The van der Waals surface area contributed by atoms with E-state index in [2.05, 4.69) is 16.0 Å². The molecule has 4 aromatic rings. The van der Waals surface area contributed by atoms with Gasteiger partial charge in [0.05, 0.1) is 23.1 Å². The fourth-order valence-electron chi connectivity index (χ4n) is 2.81. The summed E-state index contributed by atoms with van der Waals surface area (Å²) in [4.78, 5) is 37.1. The molecule has 0 fully saturated rings. The normalized spacial score (nSPS) is 10.3. The van der Waals surface area contributed by atoms with E-state index < -0.39 is 0 Å². The fourth-order valence-corrected chi connectivity index (χ4v) is 3.45. The molecule has 0 aliphatic heterocycles. The first-order chi connectivity index (χ1) is 15.1. The molecule has 0 saturated carbocycles. The van der Waals surface area contributed by atoms with Gasteiger partial charge in [0.15, 0.2) is 5.76 Å². The highest BCUT2D eigenvalue weighted by Crippen LogP contribution is 2.20. The first kappa shape index (κ1) is 20.1. The molecule has 2 aromatic carbocycles. The Labute approximate surface area is 181 Å². The first-order valence-corrected chi connectivity index (χ1v) is 10.2. The van der Waals surface area contributed by atoms with Crippen molar-refractivity contribution in [2.24, 2.45) is 0 Å². The number of hydrogen-bond acceptors (Lipinski definition) is 5. The van der Waals surface area contributed by atoms with E-state index in [9.17, 15) is 14.4 Å². The zero-order chi connectivity index (χ0) is 21.6. The zero-order valence-corrected chi connectivity index (χ0v) is 16.9. The van der Waals surface area contributed by atoms with Gasteiger partial charge in [0, 0.05) is 16.8 Å². The van der Waals surface area contributed by atoms with Crippen LogP contribution in [0.15, 0.2) is 88.2 Å². The molecule has 0 spiro atoms. The van der Waals surface area contributed by atoms with Crippen LogP contribution in [0.2, 0.25) is 0 Å². The van der Waals surface area contributed by atoms with Crippen LogP contribution in [0, 0.1) is 0 Å². The smallest absolute Gasteiger partial charge is 0.291 e. The number of amides is 3. The molecule has 0 aliphatic carbocycles. The predicted molar refractivity (Wildman–Crippen MR) is 120 cm³/mol. The number of anilines is 3. The van der Waals surface area contributed by atoms with Crippen LogP contribution < -0.4 is 16.0 Å². The fraction of sp³-hybridized carbons (Fsp3) is 0. The summed E-state index contributed by atoms with van der Waals surface area (Å²) in [6.45, 7) is 0. The van der Waals surface area contributed by atoms with E-state index in [0.717, 1.165) is 0 Å². The van der Waals surface area contributed by atoms with Crippen molar-refractivity contribution in [3.63, 3.8) is 0 Å². The van der Waals surface area contributed by atoms with Gasteiger partial charge in [-0.3, -0.25) is 14.4 Å². The number of para-hydroxylation sites is 1. The Morgan fingerprint density at radius 3 is 2.06 bits per heavy atom. The summed E-state index contributed by atoms with van der Waals surface area (Å²) in [5.41, 5.74) is 2.38. The van der Waals surface area contributed by atoms with Gasteiger partial charge in [-0.25, -0.2) is 0 Å². The number of nitrogens with one attached hydrogen (secondary N) is 3. The standard InChI is InChI=1S/C23H17N3O4S/c27-21(15-11-13-31-14-15)26-19-5-2-1-4-18(19)22(28)24-16-7-9-17(10-8-16)25-23(29)20-6-3-12-30-20/h1-14H,(H,24,28)(H,25,29)(H,26,27). The van der Waals surface area contributed by atoms with E-state index in [-0.39, 0.29) is 23.5 Å². The number of carbonyl (C=O) groups is 3. The number of carbonyl (C=O) groups excluding carboxylic acids is 3. The molecule has 0 atom stereocenters. The van der Waals surface area contributed by atoms with Gasteiger partial charge < -0.3 is 20.4 Å². The minimum atomic E-state index is -0.367. The molecule has 154 valence electrons. The Kier molecular flexibility index (Phi) is 5.91. The average Bonchev–Trinajstić information content (AvgIpc) is 3.50. The Hall–Kier alpha value is -4.17. The van der Waals surface area contributed by atoms with Crippen LogP contribution in [-0.4, -0.2) is 17.7 Å². The predicted octanol–water partition coefficient (Wildman–Crippen LogP) is 5.10. The molecule has 2 heterocycles. The molecular formula is C23H17N3O4S. The first-order valence-electron chi connectivity index (χ1n) is 9.29. The molecule has 0 radical (unpaired) electrons. The lowest BCUT2D eigenvalue weighted by molar-refractivity contribution is 0.0992. The SMILES string of the molecule is O=C(Nc1ccccc1C(=O)Nc1ccc(NC(=O)c2ccco2)cc1)c1ccsc1. The van der Waals surface area contributed by atoms with Crippen molar-refractivity contribution >= 4 is 46.1 Å². The van der Waals surface area contributed by atoms with Crippen LogP contribution in [0.1, 0.15) is 31.3 Å². The summed E-state index contributed by atoms with van der Waals surface area (Å²) in [6, 6.07) is 18.4. The number of hydrogen-bond donors (Lipinski definition) is 3. The van der Waals surface area contributed by atoms with E-state index in [1.807, 2.05) is 5.38 Å². The van der Waals surface area contributed by atoms with Crippen LogP contribution in [0.4, 0.5) is 17.1 Å². The Bertz CT molecular complexity index is 1200. The van der Waals surface area contributed by atoms with Crippen LogP contribution in [0.3, 0.4) is 0 Å². The minimum Gasteiger partial charge on any atom is -0.459 e. The summed E-state index contributed by atoms with van der Waals surface area (Å²) in [5, 5.41) is 11.8. The van der Waals surface area contributed by atoms with Crippen molar-refractivity contribution in [1.82, 2.24) is 0 Å². The van der Waals surface area contributed by atoms with E-state index in [1.165, 1.54) is 17.6 Å². The van der Waals surface area contributed by atoms with Gasteiger partial charge in [-0.05, 0) is 60.0 Å². The summed E-state index contributed by atoms with van der Waals surface area (Å²) >= 11 is 1.42. The van der Waals surface area contributed by atoms with E-state index in [1.54, 1.807) is 72.1 Å². The van der Waals surface area contributed by atoms with Crippen LogP contribution in [0.25, 0.3) is 0 Å². The molecular weight excluding hydrogens is 414 g/mol. The third kappa shape index (κ3) is 4.88. The highest BCUT2D eigenvalue weighted by Gasteiger charge is 2.15. The molecule has 2 aromatic heterocycles. The molecule has 8 heteroatoms. The van der Waals surface area contributed by atoms with Crippen molar-refractivity contribution in [1.29, 1.82) is 0 Å². The second kappa shape index (κ2) is 9.10. The van der Waals surface area contributed by atoms with Crippen LogP contribution in [0.5, 0.6) is 0 Å². The number of furan rings is 1. The van der Waals surface area contributed by atoms with Gasteiger partial charge in [0.2, 0.25) is 0 Å². The molecule has 4 rings (SSSR count). The van der Waals surface area contributed by atoms with Crippen molar-refractivity contribution in [3.8, 4) is 0 Å². The summed E-state index contributed by atoms with van der Waals surface area (Å²) in [7, 11) is 0. The topological polar surface area (TPSA) is 100 Å². The van der Waals surface area contributed by atoms with Gasteiger partial charge in [-0.1, -0.05) is 12.1 Å². The molecule has 7 nitrogen and oxygen atoms in total. The summed E-state index contributed by atoms with van der Waals surface area (Å²) in [5.74, 6) is -0.803. The van der Waals surface area contributed by atoms with Gasteiger partial charge in [-0.2, -0.15) is 11.3 Å². The molecule has 0 bridgehead atoms. The monoisotopic (exact) mass is 431 g/mol. The van der Waals surface area contributed by atoms with Gasteiger partial charge >= 0.3 is 0 Å². The number of thiophene rings is 1. The van der Waals surface area contributed by atoms with E-state index in [4.69, 9.17) is 4.42 Å². The third-order valence-corrected chi connectivity index (χ3v) is 5.03. The second-order valence-corrected chi connectivity index (χ2v) is 7.25. The summed E-state index contributed by atoms with van der Waals surface area (Å²) in [6.07, 6.45) is 1.42.